The van der Waals surface area contributed by atoms with E-state index in [4.69, 9.17) is 10.5 Å². The molecule has 0 atom stereocenters. The third-order valence-corrected chi connectivity index (χ3v) is 3.60. The van der Waals surface area contributed by atoms with Crippen molar-refractivity contribution in [3.63, 3.8) is 0 Å². The van der Waals surface area contributed by atoms with E-state index in [1.807, 2.05) is 26.1 Å². The molecule has 4 heteroatoms. The van der Waals surface area contributed by atoms with Gasteiger partial charge in [-0.05, 0) is 43.0 Å². The van der Waals surface area contributed by atoms with Crippen molar-refractivity contribution in [2.24, 2.45) is 12.8 Å². The fourth-order valence-electron chi connectivity index (χ4n) is 2.38. The summed E-state index contributed by atoms with van der Waals surface area (Å²) in [5.74, 6) is 1.62. The molecule has 0 amide bonds. The Bertz CT molecular complexity index is 623. The lowest BCUT2D eigenvalue weighted by molar-refractivity contribution is 0.424. The largest absolute Gasteiger partial charge is 0.439 e. The molecule has 0 saturated carbocycles. The molecule has 2 rings (SSSR count). The fraction of sp³-hybridized carbons (Fsp3) is 0.471. The van der Waals surface area contributed by atoms with Crippen LogP contribution in [0.5, 0.6) is 11.6 Å². The van der Waals surface area contributed by atoms with E-state index >= 15 is 0 Å². The summed E-state index contributed by atoms with van der Waals surface area (Å²) < 4.78 is 7.88. The van der Waals surface area contributed by atoms with Crippen LogP contribution in [0.15, 0.2) is 24.3 Å². The van der Waals surface area contributed by atoms with Crippen molar-refractivity contribution in [3.8, 4) is 11.6 Å². The second kappa shape index (κ2) is 5.90. The molecule has 1 aromatic carbocycles. The van der Waals surface area contributed by atoms with E-state index in [-0.39, 0.29) is 5.41 Å². The Morgan fingerprint density at radius 1 is 1.29 bits per heavy atom. The van der Waals surface area contributed by atoms with Gasteiger partial charge in [-0.1, -0.05) is 32.9 Å². The molecule has 2 N–H and O–H groups in total. The van der Waals surface area contributed by atoms with Gasteiger partial charge in [0.15, 0.2) is 0 Å². The predicted molar refractivity (Wildman–Crippen MR) is 85.9 cm³/mol. The summed E-state index contributed by atoms with van der Waals surface area (Å²) in [5, 5.41) is 4.43. The predicted octanol–water partition coefficient (Wildman–Crippen LogP) is 3.32. The van der Waals surface area contributed by atoms with E-state index in [1.54, 1.807) is 4.68 Å². The zero-order valence-electron chi connectivity index (χ0n) is 13.6. The highest BCUT2D eigenvalue weighted by Crippen LogP contribution is 2.30. The number of benzene rings is 1. The lowest BCUT2D eigenvalue weighted by Crippen LogP contribution is -2.11. The van der Waals surface area contributed by atoms with Crippen molar-refractivity contribution in [3.05, 3.63) is 41.1 Å². The van der Waals surface area contributed by atoms with Gasteiger partial charge in [0, 0.05) is 12.6 Å². The lowest BCUT2D eigenvalue weighted by Gasteiger charge is -2.19. The average Bonchev–Trinajstić information content (AvgIpc) is 2.66. The summed E-state index contributed by atoms with van der Waals surface area (Å²) in [6, 6.07) is 8.22. The van der Waals surface area contributed by atoms with Crippen LogP contribution < -0.4 is 10.5 Å². The molecule has 0 fully saturated rings. The fourth-order valence-corrected chi connectivity index (χ4v) is 2.38. The molecule has 114 valence electrons. The van der Waals surface area contributed by atoms with Gasteiger partial charge < -0.3 is 10.5 Å². The molecular formula is C17H25N3O. The second-order valence-corrected chi connectivity index (χ2v) is 6.41. The van der Waals surface area contributed by atoms with E-state index in [1.165, 1.54) is 5.56 Å². The number of hydrogen-bond acceptors (Lipinski definition) is 3. The van der Waals surface area contributed by atoms with Gasteiger partial charge >= 0.3 is 0 Å². The molecule has 4 nitrogen and oxygen atoms in total. The van der Waals surface area contributed by atoms with Gasteiger partial charge in [0.2, 0.25) is 5.88 Å². The lowest BCUT2D eigenvalue weighted by atomic mass is 9.87. The Balaban J connectivity index is 2.35. The maximum atomic E-state index is 6.09. The normalized spacial score (nSPS) is 11.7. The highest BCUT2D eigenvalue weighted by Gasteiger charge is 2.17. The second-order valence-electron chi connectivity index (χ2n) is 6.41. The number of rotatable bonds is 4. The van der Waals surface area contributed by atoms with Gasteiger partial charge in [-0.25, -0.2) is 4.68 Å². The number of aryl methyl sites for hydroxylation is 2. The molecule has 0 bridgehead atoms. The van der Waals surface area contributed by atoms with Gasteiger partial charge in [0.05, 0.1) is 5.69 Å². The molecule has 0 radical (unpaired) electrons. The van der Waals surface area contributed by atoms with Crippen molar-refractivity contribution in [1.29, 1.82) is 0 Å². The summed E-state index contributed by atoms with van der Waals surface area (Å²) in [6.45, 7) is 9.16. The van der Waals surface area contributed by atoms with Crippen LogP contribution in [0, 0.1) is 6.92 Å². The summed E-state index contributed by atoms with van der Waals surface area (Å²) in [4.78, 5) is 0. The Labute approximate surface area is 126 Å². The minimum atomic E-state index is 0.0990. The smallest absolute Gasteiger partial charge is 0.221 e. The van der Waals surface area contributed by atoms with Crippen LogP contribution in [-0.4, -0.2) is 16.3 Å². The molecule has 2 aromatic rings. The van der Waals surface area contributed by atoms with Crippen LogP contribution in [0.25, 0.3) is 0 Å². The van der Waals surface area contributed by atoms with Gasteiger partial charge in [-0.2, -0.15) is 5.10 Å². The summed E-state index contributed by atoms with van der Waals surface area (Å²) in [7, 11) is 1.90. The van der Waals surface area contributed by atoms with E-state index in [0.717, 1.165) is 29.3 Å². The van der Waals surface area contributed by atoms with Crippen LogP contribution in [0.1, 0.15) is 37.6 Å². The first kappa shape index (κ1) is 15.6. The van der Waals surface area contributed by atoms with Gasteiger partial charge in [0.25, 0.3) is 0 Å². The first-order valence-electron chi connectivity index (χ1n) is 7.34. The standard InChI is InChI=1S/C17H25N3O/c1-12-15(9-10-18)16(20(5)19-12)21-14-8-6-7-13(11-14)17(2,3)4/h6-8,11H,9-10,18H2,1-5H3. The molecule has 21 heavy (non-hydrogen) atoms. The molecule has 0 aliphatic rings. The zero-order valence-corrected chi connectivity index (χ0v) is 13.6. The highest BCUT2D eigenvalue weighted by molar-refractivity contribution is 5.38. The van der Waals surface area contributed by atoms with Gasteiger partial charge in [-0.15, -0.1) is 0 Å². The van der Waals surface area contributed by atoms with Gasteiger partial charge in [-0.3, -0.25) is 0 Å². The quantitative estimate of drug-likeness (QED) is 0.938. The average molecular weight is 287 g/mol. The van der Waals surface area contributed by atoms with Crippen molar-refractivity contribution in [2.45, 2.75) is 39.5 Å². The molecule has 0 aliphatic carbocycles. The molecule has 0 aliphatic heterocycles. The van der Waals surface area contributed by atoms with Crippen LogP contribution in [0.2, 0.25) is 0 Å². The molecule has 0 saturated heterocycles. The van der Waals surface area contributed by atoms with Crippen LogP contribution in [0.3, 0.4) is 0 Å². The zero-order chi connectivity index (χ0) is 15.6. The molecule has 1 heterocycles. The summed E-state index contributed by atoms with van der Waals surface area (Å²) in [5.41, 5.74) is 9.10. The van der Waals surface area contributed by atoms with Crippen molar-refractivity contribution in [1.82, 2.24) is 9.78 Å². The van der Waals surface area contributed by atoms with Crippen molar-refractivity contribution in [2.75, 3.05) is 6.54 Å². The minimum Gasteiger partial charge on any atom is -0.439 e. The number of hydrogen-bond donors (Lipinski definition) is 1. The number of aromatic nitrogens is 2. The third-order valence-electron chi connectivity index (χ3n) is 3.60. The van der Waals surface area contributed by atoms with Gasteiger partial charge in [0.1, 0.15) is 5.75 Å². The summed E-state index contributed by atoms with van der Waals surface area (Å²) in [6.07, 6.45) is 0.772. The van der Waals surface area contributed by atoms with E-state index in [0.29, 0.717) is 6.54 Å². The minimum absolute atomic E-state index is 0.0990. The summed E-state index contributed by atoms with van der Waals surface area (Å²) >= 11 is 0. The van der Waals surface area contributed by atoms with Crippen molar-refractivity contribution < 1.29 is 4.74 Å². The maximum absolute atomic E-state index is 6.09. The molecular weight excluding hydrogens is 262 g/mol. The SMILES string of the molecule is Cc1nn(C)c(Oc2cccc(C(C)(C)C)c2)c1CCN. The molecule has 0 spiro atoms. The first-order chi connectivity index (χ1) is 9.82. The maximum Gasteiger partial charge on any atom is 0.221 e. The molecule has 1 aromatic heterocycles. The van der Waals surface area contributed by atoms with E-state index in [2.05, 4.69) is 38.0 Å². The van der Waals surface area contributed by atoms with Crippen LogP contribution in [0.4, 0.5) is 0 Å². The number of ether oxygens (including phenoxy) is 1. The van der Waals surface area contributed by atoms with Crippen LogP contribution >= 0.6 is 0 Å². The van der Waals surface area contributed by atoms with Crippen molar-refractivity contribution >= 4 is 0 Å². The highest BCUT2D eigenvalue weighted by atomic mass is 16.5. The Hall–Kier alpha value is -1.81. The Morgan fingerprint density at radius 3 is 2.62 bits per heavy atom. The van der Waals surface area contributed by atoms with E-state index < -0.39 is 0 Å². The topological polar surface area (TPSA) is 53.1 Å². The first-order valence-corrected chi connectivity index (χ1v) is 7.34. The number of nitrogens with two attached hydrogens (primary N) is 1. The third kappa shape index (κ3) is 3.45. The van der Waals surface area contributed by atoms with E-state index in [9.17, 15) is 0 Å². The van der Waals surface area contributed by atoms with Crippen LogP contribution in [-0.2, 0) is 18.9 Å². The number of nitrogens with zero attached hydrogens (tertiary/aromatic N) is 2. The Kier molecular flexibility index (Phi) is 4.37. The monoisotopic (exact) mass is 287 g/mol. The Morgan fingerprint density at radius 2 is 2.00 bits per heavy atom. The molecule has 0 unspecified atom stereocenters.